The maximum atomic E-state index is 5.22. The van der Waals surface area contributed by atoms with E-state index in [4.69, 9.17) is 4.74 Å². The van der Waals surface area contributed by atoms with Gasteiger partial charge in [0.15, 0.2) is 0 Å². The lowest BCUT2D eigenvalue weighted by Crippen LogP contribution is -2.09. The second-order valence-electron chi connectivity index (χ2n) is 4.65. The molecule has 0 bridgehead atoms. The number of methoxy groups -OCH3 is 1. The highest BCUT2D eigenvalue weighted by molar-refractivity contribution is 5.57. The average Bonchev–Trinajstić information content (AvgIpc) is 2.45. The standard InChI is InChI=1S/C16H20N2O/c1-18(2)15-8-5-7-14(11-15)17-12-13-6-4-9-16(10-13)19-3/h4-11,17H,12H2,1-3H3. The summed E-state index contributed by atoms with van der Waals surface area (Å²) in [5.74, 6) is 0.890. The Morgan fingerprint density at radius 2 is 1.84 bits per heavy atom. The summed E-state index contributed by atoms with van der Waals surface area (Å²) in [5, 5.41) is 3.43. The summed E-state index contributed by atoms with van der Waals surface area (Å²) in [6, 6.07) is 16.5. The van der Waals surface area contributed by atoms with Crippen LogP contribution < -0.4 is 15.0 Å². The van der Waals surface area contributed by atoms with Gasteiger partial charge in [0.25, 0.3) is 0 Å². The van der Waals surface area contributed by atoms with Crippen LogP contribution in [0.15, 0.2) is 48.5 Å². The van der Waals surface area contributed by atoms with Gasteiger partial charge in [-0.15, -0.1) is 0 Å². The summed E-state index contributed by atoms with van der Waals surface area (Å²) in [6.07, 6.45) is 0. The molecule has 0 fully saturated rings. The zero-order valence-electron chi connectivity index (χ0n) is 11.7. The Hall–Kier alpha value is -2.16. The van der Waals surface area contributed by atoms with E-state index in [2.05, 4.69) is 40.5 Å². The highest BCUT2D eigenvalue weighted by Crippen LogP contribution is 2.19. The highest BCUT2D eigenvalue weighted by Gasteiger charge is 1.99. The average molecular weight is 256 g/mol. The third-order valence-electron chi connectivity index (χ3n) is 2.99. The van der Waals surface area contributed by atoms with E-state index in [1.807, 2.05) is 32.3 Å². The number of hydrogen-bond acceptors (Lipinski definition) is 3. The van der Waals surface area contributed by atoms with Gasteiger partial charge in [0.2, 0.25) is 0 Å². The molecule has 0 amide bonds. The Bertz CT molecular complexity index is 538. The second kappa shape index (κ2) is 6.14. The van der Waals surface area contributed by atoms with E-state index in [0.717, 1.165) is 18.0 Å². The molecule has 0 aromatic heterocycles. The molecular formula is C16H20N2O. The van der Waals surface area contributed by atoms with Crippen molar-refractivity contribution in [3.05, 3.63) is 54.1 Å². The third kappa shape index (κ3) is 3.65. The molecule has 2 aromatic rings. The Labute approximate surface area is 114 Å². The van der Waals surface area contributed by atoms with E-state index in [1.54, 1.807) is 7.11 Å². The van der Waals surface area contributed by atoms with Gasteiger partial charge in [-0.2, -0.15) is 0 Å². The molecule has 0 heterocycles. The Kier molecular flexibility index (Phi) is 4.29. The molecule has 0 atom stereocenters. The van der Waals surface area contributed by atoms with Crippen LogP contribution in [0, 0.1) is 0 Å². The number of ether oxygens (including phenoxy) is 1. The van der Waals surface area contributed by atoms with Gasteiger partial charge in [0.05, 0.1) is 7.11 Å². The molecule has 3 heteroatoms. The molecule has 100 valence electrons. The Morgan fingerprint density at radius 1 is 1.05 bits per heavy atom. The predicted octanol–water partition coefficient (Wildman–Crippen LogP) is 3.37. The smallest absolute Gasteiger partial charge is 0.119 e. The van der Waals surface area contributed by atoms with E-state index >= 15 is 0 Å². The van der Waals surface area contributed by atoms with E-state index in [1.165, 1.54) is 11.3 Å². The van der Waals surface area contributed by atoms with Crippen LogP contribution in [0.2, 0.25) is 0 Å². The van der Waals surface area contributed by atoms with Gasteiger partial charge in [0, 0.05) is 32.0 Å². The van der Waals surface area contributed by atoms with Gasteiger partial charge in [-0.25, -0.2) is 0 Å². The summed E-state index contributed by atoms with van der Waals surface area (Å²) < 4.78 is 5.22. The lowest BCUT2D eigenvalue weighted by molar-refractivity contribution is 0.414. The number of hydrogen-bond donors (Lipinski definition) is 1. The van der Waals surface area contributed by atoms with Crippen LogP contribution >= 0.6 is 0 Å². The number of benzene rings is 2. The number of nitrogens with zero attached hydrogens (tertiary/aromatic N) is 1. The minimum Gasteiger partial charge on any atom is -0.497 e. The minimum atomic E-state index is 0.786. The zero-order valence-corrected chi connectivity index (χ0v) is 11.7. The van der Waals surface area contributed by atoms with Crippen molar-refractivity contribution in [2.24, 2.45) is 0 Å². The maximum Gasteiger partial charge on any atom is 0.119 e. The van der Waals surface area contributed by atoms with Gasteiger partial charge in [-0.3, -0.25) is 0 Å². The van der Waals surface area contributed by atoms with Crippen molar-refractivity contribution < 1.29 is 4.74 Å². The molecule has 0 spiro atoms. The molecular weight excluding hydrogens is 236 g/mol. The largest absolute Gasteiger partial charge is 0.497 e. The molecule has 0 unspecified atom stereocenters. The molecule has 3 nitrogen and oxygen atoms in total. The van der Waals surface area contributed by atoms with Crippen molar-refractivity contribution in [3.8, 4) is 5.75 Å². The third-order valence-corrected chi connectivity index (χ3v) is 2.99. The van der Waals surface area contributed by atoms with E-state index < -0.39 is 0 Å². The maximum absolute atomic E-state index is 5.22. The zero-order chi connectivity index (χ0) is 13.7. The molecule has 0 aliphatic heterocycles. The first-order valence-electron chi connectivity index (χ1n) is 6.33. The first-order chi connectivity index (χ1) is 9.19. The molecule has 19 heavy (non-hydrogen) atoms. The molecule has 0 aliphatic carbocycles. The fourth-order valence-electron chi connectivity index (χ4n) is 1.88. The van der Waals surface area contributed by atoms with Crippen LogP contribution in [0.1, 0.15) is 5.56 Å². The summed E-state index contributed by atoms with van der Waals surface area (Å²) in [7, 11) is 5.77. The number of rotatable bonds is 5. The molecule has 2 rings (SSSR count). The normalized spacial score (nSPS) is 10.1. The quantitative estimate of drug-likeness (QED) is 0.887. The second-order valence-corrected chi connectivity index (χ2v) is 4.65. The predicted molar refractivity (Wildman–Crippen MR) is 81.1 cm³/mol. The van der Waals surface area contributed by atoms with Gasteiger partial charge >= 0.3 is 0 Å². The van der Waals surface area contributed by atoms with E-state index in [9.17, 15) is 0 Å². The lowest BCUT2D eigenvalue weighted by atomic mass is 10.2. The topological polar surface area (TPSA) is 24.5 Å². The molecule has 0 radical (unpaired) electrons. The Morgan fingerprint density at radius 3 is 2.58 bits per heavy atom. The van der Waals surface area contributed by atoms with Crippen LogP contribution in [0.4, 0.5) is 11.4 Å². The van der Waals surface area contributed by atoms with E-state index in [-0.39, 0.29) is 0 Å². The number of nitrogens with one attached hydrogen (secondary N) is 1. The van der Waals surface area contributed by atoms with Crippen LogP contribution in [0.25, 0.3) is 0 Å². The molecule has 0 saturated carbocycles. The summed E-state index contributed by atoms with van der Waals surface area (Å²) >= 11 is 0. The Balaban J connectivity index is 2.03. The molecule has 0 aliphatic rings. The molecule has 1 N–H and O–H groups in total. The number of anilines is 2. The van der Waals surface area contributed by atoms with Gasteiger partial charge < -0.3 is 15.0 Å². The van der Waals surface area contributed by atoms with Crippen molar-refractivity contribution in [2.75, 3.05) is 31.4 Å². The van der Waals surface area contributed by atoms with Crippen molar-refractivity contribution in [3.63, 3.8) is 0 Å². The van der Waals surface area contributed by atoms with E-state index in [0.29, 0.717) is 0 Å². The van der Waals surface area contributed by atoms with Gasteiger partial charge in [0.1, 0.15) is 5.75 Å². The van der Waals surface area contributed by atoms with Crippen molar-refractivity contribution in [1.29, 1.82) is 0 Å². The van der Waals surface area contributed by atoms with Crippen molar-refractivity contribution >= 4 is 11.4 Å². The molecule has 0 saturated heterocycles. The van der Waals surface area contributed by atoms with Crippen LogP contribution in [0.5, 0.6) is 5.75 Å². The SMILES string of the molecule is COc1cccc(CNc2cccc(N(C)C)c2)c1. The summed E-state index contributed by atoms with van der Waals surface area (Å²) in [4.78, 5) is 2.09. The minimum absolute atomic E-state index is 0.786. The summed E-state index contributed by atoms with van der Waals surface area (Å²) in [6.45, 7) is 0.786. The summed E-state index contributed by atoms with van der Waals surface area (Å²) in [5.41, 5.74) is 3.51. The monoisotopic (exact) mass is 256 g/mol. The van der Waals surface area contributed by atoms with Crippen LogP contribution in [0.3, 0.4) is 0 Å². The fourth-order valence-corrected chi connectivity index (χ4v) is 1.88. The van der Waals surface area contributed by atoms with Crippen LogP contribution in [-0.2, 0) is 6.54 Å². The van der Waals surface area contributed by atoms with Crippen molar-refractivity contribution in [2.45, 2.75) is 6.54 Å². The molecule has 2 aromatic carbocycles. The van der Waals surface area contributed by atoms with Crippen molar-refractivity contribution in [1.82, 2.24) is 0 Å². The van der Waals surface area contributed by atoms with Gasteiger partial charge in [-0.1, -0.05) is 18.2 Å². The lowest BCUT2D eigenvalue weighted by Gasteiger charge is -2.14. The first kappa shape index (κ1) is 13.3. The van der Waals surface area contributed by atoms with Crippen LogP contribution in [-0.4, -0.2) is 21.2 Å². The first-order valence-corrected chi connectivity index (χ1v) is 6.33. The highest BCUT2D eigenvalue weighted by atomic mass is 16.5. The fraction of sp³-hybridized carbons (Fsp3) is 0.250. The van der Waals surface area contributed by atoms with Gasteiger partial charge in [-0.05, 0) is 35.9 Å².